The van der Waals surface area contributed by atoms with Crippen molar-refractivity contribution in [1.29, 1.82) is 0 Å². The summed E-state index contributed by atoms with van der Waals surface area (Å²) in [6.07, 6.45) is 5.52. The highest BCUT2D eigenvalue weighted by molar-refractivity contribution is 9.10. The maximum Gasteiger partial charge on any atom is 0.0744 e. The Labute approximate surface area is 118 Å². The van der Waals surface area contributed by atoms with Crippen LogP contribution in [0.25, 0.3) is 0 Å². The van der Waals surface area contributed by atoms with Gasteiger partial charge in [-0.1, -0.05) is 41.3 Å². The molecule has 0 aromatic heterocycles. The quantitative estimate of drug-likeness (QED) is 0.830. The molecule has 1 fully saturated rings. The SMILES string of the molecule is COCc1c(Br)cccc1NC(C)CC1CCC1. The van der Waals surface area contributed by atoms with Gasteiger partial charge in [-0.15, -0.1) is 0 Å². The predicted octanol–water partition coefficient (Wildman–Crippen LogP) is 4.59. The summed E-state index contributed by atoms with van der Waals surface area (Å²) in [4.78, 5) is 0. The van der Waals surface area contributed by atoms with Crippen molar-refractivity contribution in [2.75, 3.05) is 12.4 Å². The van der Waals surface area contributed by atoms with Crippen LogP contribution in [0, 0.1) is 5.92 Å². The van der Waals surface area contributed by atoms with Crippen molar-refractivity contribution in [3.8, 4) is 0 Å². The molecule has 1 aromatic carbocycles. The lowest BCUT2D eigenvalue weighted by atomic mass is 9.81. The monoisotopic (exact) mass is 311 g/mol. The van der Waals surface area contributed by atoms with E-state index in [0.29, 0.717) is 12.6 Å². The van der Waals surface area contributed by atoms with Crippen LogP contribution in [0.2, 0.25) is 0 Å². The third-order valence-electron chi connectivity index (χ3n) is 3.72. The second-order valence-corrected chi connectivity index (χ2v) is 6.13. The van der Waals surface area contributed by atoms with Crippen molar-refractivity contribution in [2.24, 2.45) is 5.92 Å². The van der Waals surface area contributed by atoms with Gasteiger partial charge in [0, 0.05) is 28.9 Å². The molecule has 1 unspecified atom stereocenters. The Hall–Kier alpha value is -0.540. The van der Waals surface area contributed by atoms with E-state index in [0.717, 1.165) is 10.4 Å². The van der Waals surface area contributed by atoms with Gasteiger partial charge < -0.3 is 10.1 Å². The Balaban J connectivity index is 2.00. The van der Waals surface area contributed by atoms with E-state index in [2.05, 4.69) is 46.4 Å². The maximum absolute atomic E-state index is 5.27. The molecule has 0 saturated heterocycles. The van der Waals surface area contributed by atoms with Crippen LogP contribution in [-0.4, -0.2) is 13.2 Å². The lowest BCUT2D eigenvalue weighted by Crippen LogP contribution is -2.23. The van der Waals surface area contributed by atoms with Crippen molar-refractivity contribution < 1.29 is 4.74 Å². The van der Waals surface area contributed by atoms with Crippen LogP contribution in [0.5, 0.6) is 0 Å². The van der Waals surface area contributed by atoms with E-state index in [1.807, 2.05) is 0 Å². The molecule has 0 amide bonds. The first-order valence-corrected chi connectivity index (χ1v) is 7.53. The van der Waals surface area contributed by atoms with Gasteiger partial charge in [0.2, 0.25) is 0 Å². The average molecular weight is 312 g/mol. The topological polar surface area (TPSA) is 21.3 Å². The molecule has 2 rings (SSSR count). The largest absolute Gasteiger partial charge is 0.382 e. The van der Waals surface area contributed by atoms with E-state index in [-0.39, 0.29) is 0 Å². The molecule has 1 aliphatic carbocycles. The highest BCUT2D eigenvalue weighted by Crippen LogP contribution is 2.32. The first-order valence-electron chi connectivity index (χ1n) is 6.73. The van der Waals surface area contributed by atoms with Gasteiger partial charge in [-0.05, 0) is 31.4 Å². The molecule has 0 spiro atoms. The van der Waals surface area contributed by atoms with Crippen LogP contribution in [0.15, 0.2) is 22.7 Å². The van der Waals surface area contributed by atoms with Crippen LogP contribution >= 0.6 is 15.9 Å². The molecule has 1 N–H and O–H groups in total. The number of anilines is 1. The molecule has 100 valence electrons. The zero-order chi connectivity index (χ0) is 13.0. The van der Waals surface area contributed by atoms with E-state index in [9.17, 15) is 0 Å². The molecule has 1 aliphatic rings. The first kappa shape index (κ1) is 13.9. The van der Waals surface area contributed by atoms with Crippen molar-refractivity contribution in [2.45, 2.75) is 45.3 Å². The normalized spacial score (nSPS) is 17.3. The number of halogens is 1. The minimum atomic E-state index is 0.528. The average Bonchev–Trinajstić information content (AvgIpc) is 2.28. The van der Waals surface area contributed by atoms with Gasteiger partial charge in [0.05, 0.1) is 6.61 Å². The Kier molecular flexibility index (Phi) is 5.07. The summed E-state index contributed by atoms with van der Waals surface area (Å²) in [5.41, 5.74) is 2.40. The molecule has 3 heteroatoms. The van der Waals surface area contributed by atoms with Crippen molar-refractivity contribution in [3.05, 3.63) is 28.2 Å². The summed E-state index contributed by atoms with van der Waals surface area (Å²) in [6, 6.07) is 6.80. The fraction of sp³-hybridized carbons (Fsp3) is 0.600. The van der Waals surface area contributed by atoms with Gasteiger partial charge in [0.15, 0.2) is 0 Å². The summed E-state index contributed by atoms with van der Waals surface area (Å²) in [5, 5.41) is 3.63. The number of benzene rings is 1. The standard InChI is InChI=1S/C15H22BrNO/c1-11(9-12-5-3-6-12)17-15-8-4-7-14(16)13(15)10-18-2/h4,7-8,11-12,17H,3,5-6,9-10H2,1-2H3. The zero-order valence-electron chi connectivity index (χ0n) is 11.2. The molecular weight excluding hydrogens is 290 g/mol. The van der Waals surface area contributed by atoms with Gasteiger partial charge in [0.1, 0.15) is 0 Å². The van der Waals surface area contributed by atoms with E-state index in [1.54, 1.807) is 7.11 Å². The summed E-state index contributed by atoms with van der Waals surface area (Å²) in [7, 11) is 1.74. The highest BCUT2D eigenvalue weighted by Gasteiger charge is 2.20. The summed E-state index contributed by atoms with van der Waals surface area (Å²) < 4.78 is 6.39. The molecule has 18 heavy (non-hydrogen) atoms. The van der Waals surface area contributed by atoms with Gasteiger partial charge in [-0.2, -0.15) is 0 Å². The molecule has 2 nitrogen and oxygen atoms in total. The van der Waals surface area contributed by atoms with Crippen molar-refractivity contribution in [1.82, 2.24) is 0 Å². The first-order chi connectivity index (χ1) is 8.70. The van der Waals surface area contributed by atoms with E-state index < -0.39 is 0 Å². The van der Waals surface area contributed by atoms with E-state index in [4.69, 9.17) is 4.74 Å². The minimum absolute atomic E-state index is 0.528. The Morgan fingerprint density at radius 3 is 2.83 bits per heavy atom. The third-order valence-corrected chi connectivity index (χ3v) is 4.46. The smallest absolute Gasteiger partial charge is 0.0744 e. The van der Waals surface area contributed by atoms with Gasteiger partial charge in [-0.3, -0.25) is 0 Å². The molecular formula is C15H22BrNO. The van der Waals surface area contributed by atoms with Crippen LogP contribution < -0.4 is 5.32 Å². The second kappa shape index (κ2) is 6.58. The predicted molar refractivity (Wildman–Crippen MR) is 79.9 cm³/mol. The summed E-state index contributed by atoms with van der Waals surface area (Å²) in [6.45, 7) is 2.91. The van der Waals surface area contributed by atoms with Gasteiger partial charge >= 0.3 is 0 Å². The van der Waals surface area contributed by atoms with E-state index in [1.165, 1.54) is 36.9 Å². The maximum atomic E-state index is 5.27. The van der Waals surface area contributed by atoms with Crippen molar-refractivity contribution in [3.63, 3.8) is 0 Å². The van der Waals surface area contributed by atoms with Gasteiger partial charge in [0.25, 0.3) is 0 Å². The summed E-state index contributed by atoms with van der Waals surface area (Å²) >= 11 is 3.59. The van der Waals surface area contributed by atoms with E-state index >= 15 is 0 Å². The molecule has 1 aromatic rings. The fourth-order valence-electron chi connectivity index (χ4n) is 2.54. The third kappa shape index (κ3) is 3.48. The van der Waals surface area contributed by atoms with Crippen LogP contribution in [0.1, 0.15) is 38.2 Å². The second-order valence-electron chi connectivity index (χ2n) is 5.28. The Morgan fingerprint density at radius 2 is 2.22 bits per heavy atom. The number of nitrogens with one attached hydrogen (secondary N) is 1. The molecule has 0 aliphatic heterocycles. The highest BCUT2D eigenvalue weighted by atomic mass is 79.9. The molecule has 1 atom stereocenters. The van der Waals surface area contributed by atoms with Crippen LogP contribution in [0.3, 0.4) is 0 Å². The van der Waals surface area contributed by atoms with Crippen molar-refractivity contribution >= 4 is 21.6 Å². The molecule has 0 heterocycles. The summed E-state index contributed by atoms with van der Waals surface area (Å²) in [5.74, 6) is 0.936. The fourth-order valence-corrected chi connectivity index (χ4v) is 3.02. The molecule has 0 radical (unpaired) electrons. The number of rotatable bonds is 6. The molecule has 0 bridgehead atoms. The zero-order valence-corrected chi connectivity index (χ0v) is 12.8. The van der Waals surface area contributed by atoms with Crippen LogP contribution in [0.4, 0.5) is 5.69 Å². The lowest BCUT2D eigenvalue weighted by molar-refractivity contribution is 0.184. The Bertz CT molecular complexity index is 390. The Morgan fingerprint density at radius 1 is 1.44 bits per heavy atom. The number of ether oxygens (including phenoxy) is 1. The van der Waals surface area contributed by atoms with Gasteiger partial charge in [-0.25, -0.2) is 0 Å². The molecule has 1 saturated carbocycles. The lowest BCUT2D eigenvalue weighted by Gasteiger charge is -2.29. The van der Waals surface area contributed by atoms with Crippen LogP contribution in [-0.2, 0) is 11.3 Å². The number of methoxy groups -OCH3 is 1. The number of hydrogen-bond acceptors (Lipinski definition) is 2. The number of hydrogen-bond donors (Lipinski definition) is 1. The minimum Gasteiger partial charge on any atom is -0.382 e.